The van der Waals surface area contributed by atoms with Crippen LogP contribution >= 0.6 is 23.2 Å². The highest BCUT2D eigenvalue weighted by Gasteiger charge is 2.15. The molecule has 0 saturated heterocycles. The predicted octanol–water partition coefficient (Wildman–Crippen LogP) is 5.21. The summed E-state index contributed by atoms with van der Waals surface area (Å²) < 4.78 is 13.8. The highest BCUT2D eigenvalue weighted by Crippen LogP contribution is 2.30. The minimum atomic E-state index is -0.700. The number of anilines is 1. The summed E-state index contributed by atoms with van der Waals surface area (Å²) in [7, 11) is 0. The molecule has 2 rings (SSSR count). The third-order valence-electron chi connectivity index (χ3n) is 2.96. The number of rotatable bonds is 4. The van der Waals surface area contributed by atoms with Crippen LogP contribution in [0.25, 0.3) is 0 Å². The monoisotopic (exact) mass is 328 g/mol. The van der Waals surface area contributed by atoms with Gasteiger partial charge in [-0.2, -0.15) is 0 Å². The molecule has 2 aromatic carbocycles. The van der Waals surface area contributed by atoms with E-state index in [0.29, 0.717) is 15.6 Å². The Morgan fingerprint density at radius 3 is 2.57 bits per heavy atom. The summed E-state index contributed by atoms with van der Waals surface area (Å²) in [6, 6.07) is 8.11. The summed E-state index contributed by atoms with van der Waals surface area (Å²) in [6.07, 6.45) is 0. The summed E-state index contributed by atoms with van der Waals surface area (Å²) in [4.78, 5) is 9.93. The van der Waals surface area contributed by atoms with Crippen LogP contribution in [0.4, 0.5) is 15.8 Å². The van der Waals surface area contributed by atoms with Crippen LogP contribution in [-0.2, 0) is 0 Å². The molecule has 0 fully saturated rings. The summed E-state index contributed by atoms with van der Waals surface area (Å²) in [6.45, 7) is 1.79. The first-order valence-corrected chi connectivity index (χ1v) is 6.79. The van der Waals surface area contributed by atoms with Crippen LogP contribution in [-0.4, -0.2) is 4.92 Å². The van der Waals surface area contributed by atoms with E-state index >= 15 is 0 Å². The maximum absolute atomic E-state index is 13.8. The van der Waals surface area contributed by atoms with E-state index in [1.807, 2.05) is 0 Å². The SMILES string of the molecule is CC(Nc1ccc([N+](=O)[O-])cc1F)c1cc(Cl)ccc1Cl. The zero-order valence-corrected chi connectivity index (χ0v) is 12.5. The molecule has 2 aromatic rings. The Hall–Kier alpha value is -1.85. The molecule has 0 aliphatic heterocycles. The van der Waals surface area contributed by atoms with Crippen LogP contribution in [0.3, 0.4) is 0 Å². The van der Waals surface area contributed by atoms with E-state index in [2.05, 4.69) is 5.32 Å². The highest BCUT2D eigenvalue weighted by atomic mass is 35.5. The lowest BCUT2D eigenvalue weighted by Gasteiger charge is -2.17. The molecule has 110 valence electrons. The van der Waals surface area contributed by atoms with Crippen molar-refractivity contribution in [2.45, 2.75) is 13.0 Å². The number of nitrogens with zero attached hydrogens (tertiary/aromatic N) is 1. The fraction of sp³-hybridized carbons (Fsp3) is 0.143. The van der Waals surface area contributed by atoms with Crippen LogP contribution in [0, 0.1) is 15.9 Å². The topological polar surface area (TPSA) is 55.2 Å². The second kappa shape index (κ2) is 6.28. The first-order chi connectivity index (χ1) is 9.88. The molecule has 0 amide bonds. The van der Waals surface area contributed by atoms with Crippen LogP contribution in [0.15, 0.2) is 36.4 Å². The smallest absolute Gasteiger partial charge is 0.272 e. The molecule has 0 aliphatic rings. The normalized spacial score (nSPS) is 12.0. The average molecular weight is 329 g/mol. The first kappa shape index (κ1) is 15.5. The molecule has 0 aromatic heterocycles. The Morgan fingerprint density at radius 2 is 1.95 bits per heavy atom. The van der Waals surface area contributed by atoms with E-state index in [0.717, 1.165) is 6.07 Å². The van der Waals surface area contributed by atoms with Crippen molar-refractivity contribution < 1.29 is 9.31 Å². The van der Waals surface area contributed by atoms with Crippen molar-refractivity contribution in [1.82, 2.24) is 0 Å². The number of benzene rings is 2. The highest BCUT2D eigenvalue weighted by molar-refractivity contribution is 6.33. The first-order valence-electron chi connectivity index (χ1n) is 6.04. The van der Waals surface area contributed by atoms with Crippen LogP contribution in [0.1, 0.15) is 18.5 Å². The number of halogens is 3. The summed E-state index contributed by atoms with van der Waals surface area (Å²) in [5, 5.41) is 14.5. The van der Waals surface area contributed by atoms with Gasteiger partial charge in [0.1, 0.15) is 0 Å². The van der Waals surface area contributed by atoms with Gasteiger partial charge in [-0.15, -0.1) is 0 Å². The molecule has 1 N–H and O–H groups in total. The second-order valence-electron chi connectivity index (χ2n) is 4.45. The second-order valence-corrected chi connectivity index (χ2v) is 5.30. The number of non-ortho nitro benzene ring substituents is 1. The van der Waals surface area contributed by atoms with Gasteiger partial charge >= 0.3 is 0 Å². The van der Waals surface area contributed by atoms with E-state index in [-0.39, 0.29) is 17.4 Å². The van der Waals surface area contributed by atoms with Gasteiger partial charge in [0.25, 0.3) is 5.69 Å². The molecule has 1 atom stereocenters. The molecule has 4 nitrogen and oxygen atoms in total. The van der Waals surface area contributed by atoms with Crippen molar-refractivity contribution in [3.63, 3.8) is 0 Å². The van der Waals surface area contributed by atoms with E-state index < -0.39 is 10.7 Å². The number of hydrogen-bond donors (Lipinski definition) is 1. The van der Waals surface area contributed by atoms with E-state index in [1.165, 1.54) is 12.1 Å². The minimum Gasteiger partial charge on any atom is -0.376 e. The van der Waals surface area contributed by atoms with Gasteiger partial charge in [0.15, 0.2) is 5.82 Å². The third-order valence-corrected chi connectivity index (χ3v) is 3.54. The van der Waals surface area contributed by atoms with Crippen LogP contribution in [0.5, 0.6) is 0 Å². The van der Waals surface area contributed by atoms with Crippen molar-refractivity contribution in [3.8, 4) is 0 Å². The molecule has 1 unspecified atom stereocenters. The van der Waals surface area contributed by atoms with Crippen molar-refractivity contribution in [3.05, 3.63) is 67.9 Å². The number of nitrogens with one attached hydrogen (secondary N) is 1. The van der Waals surface area contributed by atoms with Gasteiger partial charge in [-0.3, -0.25) is 10.1 Å². The molecular formula is C14H11Cl2FN2O2. The number of nitro groups is 1. The summed E-state index contributed by atoms with van der Waals surface area (Å²) >= 11 is 12.0. The number of nitro benzene ring substituents is 1. The van der Waals surface area contributed by atoms with Crippen molar-refractivity contribution in [2.75, 3.05) is 5.32 Å². The van der Waals surface area contributed by atoms with Crippen LogP contribution in [0.2, 0.25) is 10.0 Å². The lowest BCUT2D eigenvalue weighted by molar-refractivity contribution is -0.385. The van der Waals surface area contributed by atoms with Gasteiger partial charge < -0.3 is 5.32 Å². The zero-order valence-electron chi connectivity index (χ0n) is 10.9. The molecular weight excluding hydrogens is 318 g/mol. The van der Waals surface area contributed by atoms with Gasteiger partial charge in [0.2, 0.25) is 0 Å². The fourth-order valence-corrected chi connectivity index (χ4v) is 2.35. The van der Waals surface area contributed by atoms with Gasteiger partial charge in [-0.05, 0) is 36.8 Å². The maximum atomic E-state index is 13.8. The third kappa shape index (κ3) is 3.62. The minimum absolute atomic E-state index is 0.157. The lowest BCUT2D eigenvalue weighted by Crippen LogP contribution is -2.08. The summed E-state index contributed by atoms with van der Waals surface area (Å²) in [5.74, 6) is -0.700. The largest absolute Gasteiger partial charge is 0.376 e. The Labute approximate surface area is 130 Å². The van der Waals surface area contributed by atoms with Crippen LogP contribution < -0.4 is 5.32 Å². The van der Waals surface area contributed by atoms with E-state index in [4.69, 9.17) is 23.2 Å². The molecule has 0 heterocycles. The predicted molar refractivity (Wildman–Crippen MR) is 81.6 cm³/mol. The van der Waals surface area contributed by atoms with Gasteiger partial charge in [-0.25, -0.2) is 4.39 Å². The quantitative estimate of drug-likeness (QED) is 0.618. The average Bonchev–Trinajstić information content (AvgIpc) is 2.43. The Bertz CT molecular complexity index is 695. The molecule has 0 radical (unpaired) electrons. The molecule has 21 heavy (non-hydrogen) atoms. The van der Waals surface area contributed by atoms with E-state index in [1.54, 1.807) is 25.1 Å². The Morgan fingerprint density at radius 1 is 1.24 bits per heavy atom. The van der Waals surface area contributed by atoms with Crippen molar-refractivity contribution in [2.24, 2.45) is 0 Å². The zero-order chi connectivity index (χ0) is 15.6. The van der Waals surface area contributed by atoms with E-state index in [9.17, 15) is 14.5 Å². The fourth-order valence-electron chi connectivity index (χ4n) is 1.89. The Kier molecular flexibility index (Phi) is 4.65. The van der Waals surface area contributed by atoms with Crippen molar-refractivity contribution in [1.29, 1.82) is 0 Å². The molecule has 0 saturated carbocycles. The van der Waals surface area contributed by atoms with Gasteiger partial charge in [-0.1, -0.05) is 23.2 Å². The number of hydrogen-bond acceptors (Lipinski definition) is 3. The molecule has 0 spiro atoms. The molecule has 7 heteroatoms. The maximum Gasteiger partial charge on any atom is 0.272 e. The lowest BCUT2D eigenvalue weighted by atomic mass is 10.1. The van der Waals surface area contributed by atoms with Gasteiger partial charge in [0, 0.05) is 16.1 Å². The standard InChI is InChI=1S/C14H11Cl2FN2O2/c1-8(11-6-9(15)2-4-12(11)16)18-14-5-3-10(19(20)21)7-13(14)17/h2-8,18H,1H3. The Balaban J connectivity index is 2.25. The molecule has 0 aliphatic carbocycles. The summed E-state index contributed by atoms with van der Waals surface area (Å²) in [5.41, 5.74) is 0.567. The van der Waals surface area contributed by atoms with Crippen molar-refractivity contribution >= 4 is 34.6 Å². The molecule has 0 bridgehead atoms. The van der Waals surface area contributed by atoms with Gasteiger partial charge in [0.05, 0.1) is 22.7 Å².